The molecule has 3 N–H and O–H groups in total. The fourth-order valence-corrected chi connectivity index (χ4v) is 3.25. The summed E-state index contributed by atoms with van der Waals surface area (Å²) in [6, 6.07) is 0. The number of carbonyl (C=O) groups excluding carboxylic acids is 6. The molecule has 45 heavy (non-hydrogen) atoms. The summed E-state index contributed by atoms with van der Waals surface area (Å²) in [5.74, 6) is -0.687. The van der Waals surface area contributed by atoms with Crippen LogP contribution in [0.15, 0.2) is 0 Å². The van der Waals surface area contributed by atoms with Crippen LogP contribution in [0.1, 0.15) is 68.2 Å². The van der Waals surface area contributed by atoms with E-state index in [0.29, 0.717) is 77.8 Å². The molecule has 0 spiro atoms. The number of nitrogens with two attached hydrogens (primary N) is 1. The van der Waals surface area contributed by atoms with Crippen LogP contribution in [0.2, 0.25) is 0 Å². The summed E-state index contributed by atoms with van der Waals surface area (Å²) in [5.41, 5.74) is 5.04. The van der Waals surface area contributed by atoms with Crippen molar-refractivity contribution in [1.82, 2.24) is 20.0 Å². The van der Waals surface area contributed by atoms with E-state index in [1.807, 2.05) is 6.66 Å². The highest BCUT2D eigenvalue weighted by molar-refractivity contribution is 14.2. The van der Waals surface area contributed by atoms with Crippen molar-refractivity contribution in [2.24, 2.45) is 5.73 Å². The highest BCUT2D eigenvalue weighted by Crippen LogP contribution is 2.32. The summed E-state index contributed by atoms with van der Waals surface area (Å²) in [4.78, 5) is 74.9. The van der Waals surface area contributed by atoms with Gasteiger partial charge in [-0.3, -0.25) is 43.5 Å². The minimum atomic E-state index is -0.150. The lowest BCUT2D eigenvalue weighted by atomic mass is 10.4. The fraction of sp³-hybridized carbons (Fsp3) is 0.760. The van der Waals surface area contributed by atoms with Gasteiger partial charge in [-0.2, -0.15) is 61.7 Å². The molecular weight excluding hydrogens is 972 g/mol. The van der Waals surface area contributed by atoms with Crippen molar-refractivity contribution in [1.29, 1.82) is 0 Å². The number of nitrogens with one attached hydrogen (secondary N) is 1. The Kier molecular flexibility index (Phi) is 49.0. The van der Waals surface area contributed by atoms with Gasteiger partial charge in [0.05, 0.1) is 0 Å². The zero-order valence-electron chi connectivity index (χ0n) is 23.7. The molecule has 4 radical (unpaired) electrons. The predicted molar refractivity (Wildman–Crippen MR) is 227 cm³/mol. The van der Waals surface area contributed by atoms with Crippen LogP contribution in [0.3, 0.4) is 0 Å². The van der Waals surface area contributed by atoms with Gasteiger partial charge < -0.3 is 11.1 Å². The molecule has 3 saturated heterocycles. The number of hydrogen-bond acceptors (Lipinski definition) is 8. The van der Waals surface area contributed by atoms with Gasteiger partial charge in [0, 0.05) is 77.8 Å². The first-order chi connectivity index (χ1) is 19.4. The van der Waals surface area contributed by atoms with Crippen molar-refractivity contribution in [3.8, 4) is 0 Å². The Morgan fingerprint density at radius 3 is 1.07 bits per heavy atom. The topological polar surface area (TPSA) is 150 Å². The Morgan fingerprint density at radius 1 is 0.689 bits per heavy atom. The lowest BCUT2D eigenvalue weighted by molar-refractivity contribution is -0.139. The smallest absolute Gasteiger partial charge is 0.229 e. The molecule has 11 nitrogen and oxygen atoms in total. The predicted octanol–water partition coefficient (Wildman–Crippen LogP) is 4.57. The third-order valence-corrected chi connectivity index (χ3v) is 9.23. The molecule has 3 aliphatic heterocycles. The number of amides is 6. The van der Waals surface area contributed by atoms with Crippen LogP contribution < -0.4 is 11.1 Å². The molecule has 0 aromatic rings. The number of rotatable bonds is 10. The normalized spacial score (nSPS) is 15.7. The number of nitrogens with zero attached hydrogens (tertiary/aromatic N) is 3. The molecule has 3 fully saturated rings. The quantitative estimate of drug-likeness (QED) is 0.106. The van der Waals surface area contributed by atoms with Gasteiger partial charge in [0.15, 0.2) is 0 Å². The second kappa shape index (κ2) is 37.8. The molecule has 20 heteroatoms. The molecule has 0 aliphatic carbocycles. The Labute approximate surface area is 321 Å². The van der Waals surface area contributed by atoms with E-state index in [2.05, 4.69) is 95.1 Å². The minimum Gasteiger partial charge on any atom is -0.329 e. The van der Waals surface area contributed by atoms with Crippen molar-refractivity contribution < 1.29 is 28.8 Å². The highest BCUT2D eigenvalue weighted by atomic mass is 127. The van der Waals surface area contributed by atoms with E-state index in [9.17, 15) is 28.8 Å². The summed E-state index contributed by atoms with van der Waals surface area (Å²) in [6.07, 6.45) is 1.92. The van der Waals surface area contributed by atoms with Crippen LogP contribution in [0.4, 0.5) is 0 Å². The van der Waals surface area contributed by atoms with Crippen LogP contribution in [0.25, 0.3) is 0 Å². The second-order valence-corrected chi connectivity index (χ2v) is 19.1. The number of carbonyl (C=O) groups is 6. The molecule has 3 atom stereocenters. The summed E-state index contributed by atoms with van der Waals surface area (Å²) < 4.78 is 0. The van der Waals surface area contributed by atoms with E-state index < -0.39 is 0 Å². The molecule has 0 bridgehead atoms. The van der Waals surface area contributed by atoms with Gasteiger partial charge in [-0.15, -0.1) is 0 Å². The summed E-state index contributed by atoms with van der Waals surface area (Å²) in [5, 5.41) is 3.03. The molecule has 3 rings (SSSR count). The van der Waals surface area contributed by atoms with Crippen LogP contribution in [-0.2, 0) is 28.8 Å². The van der Waals surface area contributed by atoms with E-state index >= 15 is 0 Å². The highest BCUT2D eigenvalue weighted by Gasteiger charge is 2.29. The first-order valence-electron chi connectivity index (χ1n) is 12.6. The molecular formula is C25H54B3I3N5O6P3. The molecule has 260 valence electrons. The van der Waals surface area contributed by atoms with Crippen molar-refractivity contribution in [2.75, 3.05) is 59.3 Å². The zero-order chi connectivity index (χ0) is 31.8. The van der Waals surface area contributed by atoms with Crippen molar-refractivity contribution in [2.45, 2.75) is 68.2 Å². The Hall–Kier alpha value is 1.01. The van der Waals surface area contributed by atoms with Crippen LogP contribution in [0, 0.1) is 0 Å². The summed E-state index contributed by atoms with van der Waals surface area (Å²) >= 11 is 6.66. The first kappa shape index (κ1) is 58.2. The van der Waals surface area contributed by atoms with E-state index in [0.717, 1.165) is 16.9 Å². The van der Waals surface area contributed by atoms with Crippen LogP contribution in [-0.4, -0.2) is 127 Å². The van der Waals surface area contributed by atoms with Crippen LogP contribution in [0.5, 0.6) is 0 Å². The van der Waals surface area contributed by atoms with Gasteiger partial charge >= 0.3 is 0 Å². The maximum atomic E-state index is 11.3. The van der Waals surface area contributed by atoms with E-state index in [-0.39, 0.29) is 70.6 Å². The van der Waals surface area contributed by atoms with E-state index in [1.165, 1.54) is 14.7 Å². The van der Waals surface area contributed by atoms with Gasteiger partial charge in [0.1, 0.15) is 7.57 Å². The molecule has 3 aliphatic rings. The SMILES string of the molecule is C.C.C.C.CP[B]I.CP[B]I.NCCN1C(=O)CCC1=O.O=C1CCC(=O)N1CCNCCN1C(=O)CCC1=O.[B]P(C)I. The Balaban J connectivity index is -0.000000124. The van der Waals surface area contributed by atoms with Gasteiger partial charge in [-0.05, 0) is 6.66 Å². The van der Waals surface area contributed by atoms with Gasteiger partial charge in [-0.1, -0.05) is 70.5 Å². The van der Waals surface area contributed by atoms with E-state index in [1.54, 1.807) is 0 Å². The third kappa shape index (κ3) is 29.6. The van der Waals surface area contributed by atoms with Crippen molar-refractivity contribution in [3.63, 3.8) is 0 Å². The zero-order valence-corrected chi connectivity index (χ0v) is 33.0. The summed E-state index contributed by atoms with van der Waals surface area (Å²) in [7, 11) is 7.17. The Bertz CT molecular complexity index is 750. The molecule has 3 heterocycles. The average Bonchev–Trinajstić information content (AvgIpc) is 3.56. The molecule has 0 aromatic carbocycles. The van der Waals surface area contributed by atoms with Crippen molar-refractivity contribution >= 4 is 142 Å². The van der Waals surface area contributed by atoms with Gasteiger partial charge in [0.25, 0.3) is 0 Å². The lowest BCUT2D eigenvalue weighted by Gasteiger charge is -2.16. The van der Waals surface area contributed by atoms with Crippen molar-refractivity contribution in [3.05, 3.63) is 0 Å². The number of halogens is 3. The molecule has 3 unspecified atom stereocenters. The van der Waals surface area contributed by atoms with E-state index in [4.69, 9.17) is 13.3 Å². The molecule has 6 amide bonds. The van der Waals surface area contributed by atoms with Gasteiger partial charge in [0.2, 0.25) is 45.2 Å². The maximum absolute atomic E-state index is 11.3. The largest absolute Gasteiger partial charge is 0.329 e. The maximum Gasteiger partial charge on any atom is 0.229 e. The number of imide groups is 3. The number of hydrogen-bond donors (Lipinski definition) is 2. The second-order valence-electron chi connectivity index (χ2n) is 8.18. The fourth-order valence-electron chi connectivity index (χ4n) is 3.25. The van der Waals surface area contributed by atoms with Crippen LogP contribution >= 0.6 is 89.2 Å². The molecule has 0 aromatic heterocycles. The minimum absolute atomic E-state index is 0. The number of likely N-dealkylation sites (tertiary alicyclic amines) is 3. The lowest BCUT2D eigenvalue weighted by Crippen LogP contribution is -2.39. The average molecular weight is 1030 g/mol. The summed E-state index contributed by atoms with van der Waals surface area (Å²) in [6.45, 7) is 8.67. The Morgan fingerprint density at radius 2 is 0.889 bits per heavy atom. The first-order valence-corrected chi connectivity index (χ1v) is 22.9. The standard InChI is InChI=1S/C12H17N3O4.C6H10N2O2.CH3BIP.2CH4BIP.4CH4/c16-9-1-2-10(17)14(9)7-5-13-6-8-15-11(18)3-4-12(15)19;7-3-4-8-5(9)1-2-6(8)10;1-4(2)3;2*1-4-2-3;;;;/h13H,1-8H2;1-4,7H2;1H3;2*4H,1H3;4*1H4. The third-order valence-electron chi connectivity index (χ3n) is 5.06. The van der Waals surface area contributed by atoms with Gasteiger partial charge in [-0.25, -0.2) is 0 Å². The molecule has 0 saturated carbocycles. The monoisotopic (exact) mass is 1030 g/mol.